The number of carbonyl (C=O) groups is 2. The SMILES string of the molecule is C[C@H](NC(=O)O)[C@H](O[Si](C)(C)C(C)(C)C)C(=O)c1cccc(F)c1. The van der Waals surface area contributed by atoms with E-state index in [1.165, 1.54) is 18.2 Å². The molecule has 2 N–H and O–H groups in total. The van der Waals surface area contributed by atoms with Gasteiger partial charge in [0.25, 0.3) is 0 Å². The van der Waals surface area contributed by atoms with Crippen LogP contribution in [0.5, 0.6) is 0 Å². The van der Waals surface area contributed by atoms with E-state index in [4.69, 9.17) is 9.53 Å². The van der Waals surface area contributed by atoms with Gasteiger partial charge < -0.3 is 14.8 Å². The first kappa shape index (κ1) is 20.3. The first-order valence-corrected chi connectivity index (χ1v) is 10.7. The van der Waals surface area contributed by atoms with Gasteiger partial charge in [-0.1, -0.05) is 32.9 Å². The van der Waals surface area contributed by atoms with Crippen LogP contribution in [-0.4, -0.2) is 37.4 Å². The summed E-state index contributed by atoms with van der Waals surface area (Å²) in [6.45, 7) is 11.6. The Morgan fingerprint density at radius 3 is 2.33 bits per heavy atom. The van der Waals surface area contributed by atoms with Gasteiger partial charge in [0, 0.05) is 5.56 Å². The minimum atomic E-state index is -2.34. The van der Waals surface area contributed by atoms with E-state index in [2.05, 4.69) is 5.32 Å². The van der Waals surface area contributed by atoms with E-state index in [1.54, 1.807) is 6.92 Å². The molecule has 7 heteroatoms. The van der Waals surface area contributed by atoms with Gasteiger partial charge in [-0.3, -0.25) is 4.79 Å². The van der Waals surface area contributed by atoms with Crippen molar-refractivity contribution in [3.05, 3.63) is 35.6 Å². The molecule has 1 amide bonds. The van der Waals surface area contributed by atoms with Crippen LogP contribution in [-0.2, 0) is 4.43 Å². The molecule has 0 aromatic heterocycles. The standard InChI is InChI=1S/C17H26FNO4Si/c1-11(19-16(21)22)15(23-24(5,6)17(2,3)4)14(20)12-8-7-9-13(18)10-12/h7-11,15,19H,1-6H3,(H,21,22)/t11-,15-/m0/s1. The van der Waals surface area contributed by atoms with E-state index < -0.39 is 38.2 Å². The summed E-state index contributed by atoms with van der Waals surface area (Å²) in [5, 5.41) is 11.1. The number of benzene rings is 1. The van der Waals surface area contributed by atoms with Crippen molar-refractivity contribution in [2.45, 2.75) is 58.0 Å². The molecular formula is C17H26FNO4Si. The van der Waals surface area contributed by atoms with Crippen LogP contribution in [0.3, 0.4) is 0 Å². The lowest BCUT2D eigenvalue weighted by Crippen LogP contribution is -2.53. The number of carbonyl (C=O) groups excluding carboxylic acids is 1. The fourth-order valence-electron chi connectivity index (χ4n) is 1.95. The Bertz CT molecular complexity index is 613. The number of nitrogens with one attached hydrogen (secondary N) is 1. The summed E-state index contributed by atoms with van der Waals surface area (Å²) in [7, 11) is -2.34. The highest BCUT2D eigenvalue weighted by Gasteiger charge is 2.42. The van der Waals surface area contributed by atoms with Gasteiger partial charge in [-0.2, -0.15) is 0 Å². The second-order valence-electron chi connectivity index (χ2n) is 7.41. The second-order valence-corrected chi connectivity index (χ2v) is 12.2. The number of halogens is 1. The Kier molecular flexibility index (Phi) is 6.30. The van der Waals surface area contributed by atoms with Crippen molar-refractivity contribution in [2.75, 3.05) is 0 Å². The predicted molar refractivity (Wildman–Crippen MR) is 93.4 cm³/mol. The lowest BCUT2D eigenvalue weighted by molar-refractivity contribution is 0.0700. The number of Topliss-reactive ketones (excluding diaryl/α,β-unsaturated/α-hetero) is 1. The summed E-state index contributed by atoms with van der Waals surface area (Å²) in [4.78, 5) is 23.8. The van der Waals surface area contributed by atoms with Gasteiger partial charge in [0.1, 0.15) is 11.9 Å². The van der Waals surface area contributed by atoms with E-state index in [-0.39, 0.29) is 10.6 Å². The lowest BCUT2D eigenvalue weighted by Gasteiger charge is -2.40. The molecule has 0 saturated heterocycles. The van der Waals surface area contributed by atoms with Gasteiger partial charge in [-0.15, -0.1) is 0 Å². The van der Waals surface area contributed by atoms with Crippen LogP contribution in [0.4, 0.5) is 9.18 Å². The average molecular weight is 355 g/mol. The molecule has 0 fully saturated rings. The predicted octanol–water partition coefficient (Wildman–Crippen LogP) is 4.05. The molecule has 0 aliphatic rings. The first-order valence-electron chi connectivity index (χ1n) is 7.82. The molecule has 1 rings (SSSR count). The van der Waals surface area contributed by atoms with Crippen molar-refractivity contribution < 1.29 is 23.5 Å². The molecule has 0 bridgehead atoms. The molecule has 0 aliphatic heterocycles. The van der Waals surface area contributed by atoms with Gasteiger partial charge >= 0.3 is 6.09 Å². The van der Waals surface area contributed by atoms with Crippen molar-refractivity contribution in [1.82, 2.24) is 5.32 Å². The van der Waals surface area contributed by atoms with Crippen LogP contribution in [0.2, 0.25) is 18.1 Å². The van der Waals surface area contributed by atoms with E-state index in [9.17, 15) is 14.0 Å². The second kappa shape index (κ2) is 7.44. The van der Waals surface area contributed by atoms with Gasteiger partial charge in [0.2, 0.25) is 0 Å². The normalized spacial score (nSPS) is 14.8. The molecule has 0 spiro atoms. The zero-order chi connectivity index (χ0) is 18.7. The summed E-state index contributed by atoms with van der Waals surface area (Å²) in [5.74, 6) is -0.952. The smallest absolute Gasteiger partial charge is 0.404 e. The highest BCUT2D eigenvalue weighted by atomic mass is 28.4. The molecule has 0 unspecified atom stereocenters. The molecule has 1 aromatic rings. The summed E-state index contributed by atoms with van der Waals surface area (Å²) >= 11 is 0. The summed E-state index contributed by atoms with van der Waals surface area (Å²) in [5.41, 5.74) is 0.165. The van der Waals surface area contributed by atoms with Crippen LogP contribution < -0.4 is 5.32 Å². The molecule has 134 valence electrons. The van der Waals surface area contributed by atoms with E-state index in [0.29, 0.717) is 0 Å². The molecule has 0 aliphatic carbocycles. The lowest BCUT2D eigenvalue weighted by atomic mass is 10.0. The number of rotatable bonds is 6. The fourth-order valence-corrected chi connectivity index (χ4v) is 3.25. The zero-order valence-electron chi connectivity index (χ0n) is 15.0. The van der Waals surface area contributed by atoms with E-state index in [0.717, 1.165) is 6.07 Å². The molecule has 2 atom stereocenters. The maximum Gasteiger partial charge on any atom is 0.404 e. The number of ketones is 1. The molecule has 5 nitrogen and oxygen atoms in total. The topological polar surface area (TPSA) is 75.6 Å². The average Bonchev–Trinajstić information content (AvgIpc) is 2.42. The van der Waals surface area contributed by atoms with Crippen LogP contribution in [0.1, 0.15) is 38.1 Å². The Morgan fingerprint density at radius 2 is 1.88 bits per heavy atom. The fraction of sp³-hybridized carbons (Fsp3) is 0.529. The first-order chi connectivity index (χ1) is 10.8. The third kappa shape index (κ3) is 5.14. The van der Waals surface area contributed by atoms with Gasteiger partial charge in [-0.25, -0.2) is 9.18 Å². The third-order valence-corrected chi connectivity index (χ3v) is 8.86. The van der Waals surface area contributed by atoms with Crippen molar-refractivity contribution >= 4 is 20.2 Å². The van der Waals surface area contributed by atoms with E-state index >= 15 is 0 Å². The monoisotopic (exact) mass is 355 g/mol. The van der Waals surface area contributed by atoms with Gasteiger partial charge in [0.05, 0.1) is 6.04 Å². The van der Waals surface area contributed by atoms with Crippen LogP contribution >= 0.6 is 0 Å². The number of carboxylic acid groups (broad SMARTS) is 1. The Hall–Kier alpha value is -1.73. The van der Waals surface area contributed by atoms with Gasteiger partial charge in [0.15, 0.2) is 14.1 Å². The maximum atomic E-state index is 13.4. The highest BCUT2D eigenvalue weighted by Crippen LogP contribution is 2.38. The van der Waals surface area contributed by atoms with Crippen LogP contribution in [0, 0.1) is 5.82 Å². The molecule has 0 heterocycles. The number of hydrogen-bond acceptors (Lipinski definition) is 3. The maximum absolute atomic E-state index is 13.4. The quantitative estimate of drug-likeness (QED) is 0.596. The summed E-state index contributed by atoms with van der Waals surface area (Å²) in [6.07, 6.45) is -2.25. The van der Waals surface area contributed by atoms with Crippen molar-refractivity contribution in [2.24, 2.45) is 0 Å². The highest BCUT2D eigenvalue weighted by molar-refractivity contribution is 6.74. The third-order valence-electron chi connectivity index (χ3n) is 4.40. The van der Waals surface area contributed by atoms with Crippen molar-refractivity contribution in [3.8, 4) is 0 Å². The largest absolute Gasteiger partial charge is 0.465 e. The molecule has 0 saturated carbocycles. The van der Waals surface area contributed by atoms with Crippen LogP contribution in [0.15, 0.2) is 24.3 Å². The Morgan fingerprint density at radius 1 is 1.29 bits per heavy atom. The van der Waals surface area contributed by atoms with Crippen LogP contribution in [0.25, 0.3) is 0 Å². The molecular weight excluding hydrogens is 329 g/mol. The van der Waals surface area contributed by atoms with Gasteiger partial charge in [-0.05, 0) is 37.2 Å². The minimum absolute atomic E-state index is 0.156. The number of amides is 1. The molecule has 0 radical (unpaired) electrons. The number of hydrogen-bond donors (Lipinski definition) is 2. The summed E-state index contributed by atoms with van der Waals surface area (Å²) < 4.78 is 19.6. The molecule has 1 aromatic carbocycles. The Balaban J connectivity index is 3.18. The summed E-state index contributed by atoms with van der Waals surface area (Å²) in [6, 6.07) is 4.58. The van der Waals surface area contributed by atoms with E-state index in [1.807, 2.05) is 33.9 Å². The zero-order valence-corrected chi connectivity index (χ0v) is 16.0. The Labute approximate surface area is 143 Å². The minimum Gasteiger partial charge on any atom is -0.465 e. The van der Waals surface area contributed by atoms with Crippen molar-refractivity contribution in [1.29, 1.82) is 0 Å². The van der Waals surface area contributed by atoms with Crippen molar-refractivity contribution in [3.63, 3.8) is 0 Å². The molecule has 24 heavy (non-hydrogen) atoms.